The molecule has 0 saturated carbocycles. The van der Waals surface area contributed by atoms with Gasteiger partial charge in [0.15, 0.2) is 0 Å². The third-order valence-corrected chi connectivity index (χ3v) is 3.80. The van der Waals surface area contributed by atoms with Gasteiger partial charge in [0.2, 0.25) is 0 Å². The number of rotatable bonds is 1. The van der Waals surface area contributed by atoms with E-state index in [4.69, 9.17) is 4.55 Å². The van der Waals surface area contributed by atoms with Gasteiger partial charge >= 0.3 is 0 Å². The SMILES string of the molecule is CC.CC(C)(C)C(C)(C)c1ccsc1.OS. The van der Waals surface area contributed by atoms with Gasteiger partial charge in [-0.15, -0.1) is 0 Å². The van der Waals surface area contributed by atoms with Gasteiger partial charge in [0.05, 0.1) is 0 Å². The zero-order chi connectivity index (χ0) is 13.4. The van der Waals surface area contributed by atoms with Crippen molar-refractivity contribution in [2.45, 2.75) is 53.9 Å². The molecule has 0 amide bonds. The van der Waals surface area contributed by atoms with E-state index in [2.05, 4.69) is 64.4 Å². The van der Waals surface area contributed by atoms with Gasteiger partial charge in [0.25, 0.3) is 0 Å². The second-order valence-corrected chi connectivity index (χ2v) is 5.67. The molecule has 16 heavy (non-hydrogen) atoms. The van der Waals surface area contributed by atoms with Crippen molar-refractivity contribution in [3.63, 3.8) is 0 Å². The molecule has 0 aliphatic heterocycles. The summed E-state index contributed by atoms with van der Waals surface area (Å²) in [5, 5.41) is 4.41. The average molecular weight is 262 g/mol. The summed E-state index contributed by atoms with van der Waals surface area (Å²) in [4.78, 5) is 0. The Morgan fingerprint density at radius 1 is 1.06 bits per heavy atom. The smallest absolute Gasteiger partial charge is 0.00468 e. The maximum atomic E-state index is 6.69. The molecule has 1 N–H and O–H groups in total. The molecule has 0 fully saturated rings. The molecule has 0 spiro atoms. The Hall–Kier alpha value is 0.01000. The van der Waals surface area contributed by atoms with Crippen LogP contribution in [0.3, 0.4) is 0 Å². The molecular formula is C13H26OS2. The Bertz CT molecular complexity index is 245. The number of hydrogen-bond donors (Lipinski definition) is 2. The molecule has 0 radical (unpaired) electrons. The van der Waals surface area contributed by atoms with E-state index < -0.39 is 0 Å². The molecule has 1 rings (SSSR count). The van der Waals surface area contributed by atoms with Gasteiger partial charge in [-0.25, -0.2) is 0 Å². The molecule has 1 aromatic heterocycles. The summed E-state index contributed by atoms with van der Waals surface area (Å²) in [7, 11) is 0. The molecule has 3 heteroatoms. The fourth-order valence-electron chi connectivity index (χ4n) is 1.05. The van der Waals surface area contributed by atoms with Gasteiger partial charge in [-0.3, -0.25) is 0 Å². The number of thiol groups is 1. The van der Waals surface area contributed by atoms with Crippen LogP contribution in [-0.2, 0) is 5.41 Å². The second-order valence-electron chi connectivity index (χ2n) is 4.89. The van der Waals surface area contributed by atoms with Gasteiger partial charge in [-0.1, -0.05) is 48.5 Å². The summed E-state index contributed by atoms with van der Waals surface area (Å²) in [6.45, 7) is 15.5. The molecule has 0 bridgehead atoms. The summed E-state index contributed by atoms with van der Waals surface area (Å²) in [6.07, 6.45) is 0. The van der Waals surface area contributed by atoms with Crippen LogP contribution in [0.5, 0.6) is 0 Å². The van der Waals surface area contributed by atoms with E-state index in [1.165, 1.54) is 5.56 Å². The topological polar surface area (TPSA) is 20.2 Å². The standard InChI is InChI=1S/C11H18S.C2H6.H2OS/c1-10(2,3)11(4,5)9-6-7-12-8-9;2*1-2/h6-8H,1-5H3;1-2H3;1-2H. The first-order valence-corrected chi connectivity index (χ1v) is 6.92. The van der Waals surface area contributed by atoms with Crippen molar-refractivity contribution in [2.75, 3.05) is 0 Å². The van der Waals surface area contributed by atoms with Crippen molar-refractivity contribution in [3.8, 4) is 0 Å². The van der Waals surface area contributed by atoms with E-state index in [9.17, 15) is 0 Å². The van der Waals surface area contributed by atoms with E-state index in [0.717, 1.165) is 0 Å². The van der Waals surface area contributed by atoms with E-state index in [1.807, 2.05) is 13.8 Å². The van der Waals surface area contributed by atoms with Crippen LogP contribution < -0.4 is 0 Å². The van der Waals surface area contributed by atoms with Crippen molar-refractivity contribution >= 4 is 24.2 Å². The van der Waals surface area contributed by atoms with Crippen LogP contribution in [0.4, 0.5) is 0 Å². The van der Waals surface area contributed by atoms with Crippen LogP contribution in [0.2, 0.25) is 0 Å². The lowest BCUT2D eigenvalue weighted by Crippen LogP contribution is -2.33. The minimum atomic E-state index is 0.271. The summed E-state index contributed by atoms with van der Waals surface area (Å²) >= 11 is 4.31. The van der Waals surface area contributed by atoms with Crippen molar-refractivity contribution < 1.29 is 4.55 Å². The Labute approximate surface area is 111 Å². The van der Waals surface area contributed by atoms with Crippen molar-refractivity contribution in [2.24, 2.45) is 5.41 Å². The molecule has 0 atom stereocenters. The first kappa shape index (κ1) is 18.4. The molecule has 1 heterocycles. The van der Waals surface area contributed by atoms with Gasteiger partial charge < -0.3 is 4.55 Å². The van der Waals surface area contributed by atoms with E-state index in [1.54, 1.807) is 11.3 Å². The maximum absolute atomic E-state index is 6.69. The predicted octanol–water partition coefficient (Wildman–Crippen LogP) is 5.49. The zero-order valence-corrected chi connectivity index (χ0v) is 13.2. The predicted molar refractivity (Wildman–Crippen MR) is 79.8 cm³/mol. The molecule has 1 nitrogen and oxygen atoms in total. The first-order chi connectivity index (χ1) is 7.36. The highest BCUT2D eigenvalue weighted by molar-refractivity contribution is 7.74. The lowest BCUT2D eigenvalue weighted by Gasteiger charge is -2.38. The highest BCUT2D eigenvalue weighted by Crippen LogP contribution is 2.41. The molecule has 0 unspecified atom stereocenters. The fourth-order valence-corrected chi connectivity index (χ4v) is 1.88. The van der Waals surface area contributed by atoms with Crippen LogP contribution in [0.15, 0.2) is 16.8 Å². The first-order valence-electron chi connectivity index (χ1n) is 5.58. The van der Waals surface area contributed by atoms with E-state index in [0.29, 0.717) is 5.41 Å². The van der Waals surface area contributed by atoms with Gasteiger partial charge in [-0.05, 0) is 46.1 Å². The van der Waals surface area contributed by atoms with Gasteiger partial charge in [0.1, 0.15) is 0 Å². The lowest BCUT2D eigenvalue weighted by atomic mass is 9.66. The Balaban J connectivity index is 0. The number of thiophene rings is 1. The highest BCUT2D eigenvalue weighted by atomic mass is 32.1. The third kappa shape index (κ3) is 4.89. The van der Waals surface area contributed by atoms with Crippen molar-refractivity contribution in [1.82, 2.24) is 0 Å². The molecular weight excluding hydrogens is 236 g/mol. The van der Waals surface area contributed by atoms with Crippen molar-refractivity contribution in [1.29, 1.82) is 0 Å². The quantitative estimate of drug-likeness (QED) is 0.506. The van der Waals surface area contributed by atoms with Crippen LogP contribution >= 0.6 is 24.2 Å². The van der Waals surface area contributed by atoms with E-state index >= 15 is 0 Å². The van der Waals surface area contributed by atoms with E-state index in [-0.39, 0.29) is 5.41 Å². The van der Waals surface area contributed by atoms with Gasteiger partial charge in [-0.2, -0.15) is 11.3 Å². The van der Waals surface area contributed by atoms with Crippen LogP contribution in [0.1, 0.15) is 54.0 Å². The zero-order valence-electron chi connectivity index (χ0n) is 11.5. The molecule has 1 aromatic rings. The third-order valence-electron chi connectivity index (χ3n) is 3.12. The minimum absolute atomic E-state index is 0.271. The van der Waals surface area contributed by atoms with Crippen LogP contribution in [0, 0.1) is 5.41 Å². The summed E-state index contributed by atoms with van der Waals surface area (Å²) in [5.74, 6) is 0. The molecule has 0 aliphatic carbocycles. The second kappa shape index (κ2) is 8.15. The average Bonchev–Trinajstić information content (AvgIpc) is 2.75. The number of hydrogen-bond acceptors (Lipinski definition) is 3. The Morgan fingerprint density at radius 3 is 1.75 bits per heavy atom. The Morgan fingerprint density at radius 2 is 1.50 bits per heavy atom. The molecule has 0 aromatic carbocycles. The Kier molecular flexibility index (Phi) is 9.36. The summed E-state index contributed by atoms with van der Waals surface area (Å²) in [6, 6.07) is 2.23. The minimum Gasteiger partial charge on any atom is -0.333 e. The molecule has 0 saturated heterocycles. The normalized spacial score (nSPS) is 10.8. The monoisotopic (exact) mass is 262 g/mol. The maximum Gasteiger partial charge on any atom is -0.00468 e. The fraction of sp³-hybridized carbons (Fsp3) is 0.692. The van der Waals surface area contributed by atoms with Gasteiger partial charge in [0, 0.05) is 0 Å². The van der Waals surface area contributed by atoms with Crippen LogP contribution in [0.25, 0.3) is 0 Å². The highest BCUT2D eigenvalue weighted by Gasteiger charge is 2.34. The molecule has 96 valence electrons. The lowest BCUT2D eigenvalue weighted by molar-refractivity contribution is 0.226. The molecule has 0 aliphatic rings. The summed E-state index contributed by atoms with van der Waals surface area (Å²) < 4.78 is 6.69. The largest absolute Gasteiger partial charge is 0.333 e. The van der Waals surface area contributed by atoms with Crippen LogP contribution in [-0.4, -0.2) is 4.55 Å². The van der Waals surface area contributed by atoms with Crippen molar-refractivity contribution in [3.05, 3.63) is 22.4 Å². The summed E-state index contributed by atoms with van der Waals surface area (Å²) in [5.41, 5.74) is 2.06.